The Balaban J connectivity index is 2.16. The summed E-state index contributed by atoms with van der Waals surface area (Å²) in [6.07, 6.45) is 0. The van der Waals surface area contributed by atoms with E-state index in [1.54, 1.807) is 6.07 Å². The summed E-state index contributed by atoms with van der Waals surface area (Å²) in [6, 6.07) is 10.3. The zero-order valence-electron chi connectivity index (χ0n) is 9.77. The van der Waals surface area contributed by atoms with Crippen molar-refractivity contribution in [2.75, 3.05) is 5.73 Å². The molecule has 1 heterocycles. The number of hydrogen-bond donors (Lipinski definition) is 1. The van der Waals surface area contributed by atoms with E-state index in [-0.39, 0.29) is 5.69 Å². The molecule has 0 atom stereocenters. The minimum atomic E-state index is -0.467. The van der Waals surface area contributed by atoms with Crippen LogP contribution < -0.4 is 5.73 Å². The van der Waals surface area contributed by atoms with Gasteiger partial charge in [0.15, 0.2) is 5.58 Å². The number of nitrogens with zero attached hydrogens (tertiary/aromatic N) is 1. The van der Waals surface area contributed by atoms with Crippen LogP contribution in [0.25, 0.3) is 22.6 Å². The summed E-state index contributed by atoms with van der Waals surface area (Å²) in [5.74, 6) is -0.0690. The molecular weight excluding hydrogens is 231 g/mol. The lowest BCUT2D eigenvalue weighted by atomic mass is 10.2. The fraction of sp³-hybridized carbons (Fsp3) is 0.0714. The maximum absolute atomic E-state index is 13.4. The second-order valence-corrected chi connectivity index (χ2v) is 4.23. The highest BCUT2D eigenvalue weighted by Gasteiger charge is 2.10. The van der Waals surface area contributed by atoms with Gasteiger partial charge in [-0.2, -0.15) is 0 Å². The average molecular weight is 242 g/mol. The summed E-state index contributed by atoms with van der Waals surface area (Å²) >= 11 is 0. The van der Waals surface area contributed by atoms with E-state index >= 15 is 0 Å². The Kier molecular flexibility index (Phi) is 2.30. The van der Waals surface area contributed by atoms with E-state index in [0.29, 0.717) is 17.0 Å². The van der Waals surface area contributed by atoms with Crippen molar-refractivity contribution in [1.82, 2.24) is 4.98 Å². The molecule has 0 saturated heterocycles. The van der Waals surface area contributed by atoms with E-state index in [1.807, 2.05) is 25.1 Å². The first kappa shape index (κ1) is 10.8. The van der Waals surface area contributed by atoms with Crippen molar-refractivity contribution in [2.24, 2.45) is 0 Å². The highest BCUT2D eigenvalue weighted by molar-refractivity contribution is 5.77. The topological polar surface area (TPSA) is 52.0 Å². The van der Waals surface area contributed by atoms with Gasteiger partial charge in [-0.3, -0.25) is 0 Å². The number of aromatic nitrogens is 1. The van der Waals surface area contributed by atoms with Gasteiger partial charge in [0, 0.05) is 5.56 Å². The SMILES string of the molecule is Cc1ccc2nc(-c3ccc(N)c(F)c3)oc2c1. The van der Waals surface area contributed by atoms with E-state index in [4.69, 9.17) is 10.2 Å². The number of anilines is 1. The van der Waals surface area contributed by atoms with E-state index in [1.165, 1.54) is 12.1 Å². The number of hydrogen-bond acceptors (Lipinski definition) is 3. The van der Waals surface area contributed by atoms with Crippen LogP contribution >= 0.6 is 0 Å². The quantitative estimate of drug-likeness (QED) is 0.664. The van der Waals surface area contributed by atoms with Crippen LogP contribution in [0, 0.1) is 12.7 Å². The molecule has 0 unspecified atom stereocenters. The summed E-state index contributed by atoms with van der Waals surface area (Å²) in [6.45, 7) is 1.98. The molecule has 0 aliphatic rings. The molecule has 0 fully saturated rings. The number of aryl methyl sites for hydroxylation is 1. The smallest absolute Gasteiger partial charge is 0.227 e. The summed E-state index contributed by atoms with van der Waals surface area (Å²) in [5, 5.41) is 0. The van der Waals surface area contributed by atoms with Gasteiger partial charge < -0.3 is 10.2 Å². The van der Waals surface area contributed by atoms with Crippen molar-refractivity contribution >= 4 is 16.8 Å². The summed E-state index contributed by atoms with van der Waals surface area (Å²) in [7, 11) is 0. The fourth-order valence-electron chi connectivity index (χ4n) is 1.82. The standard InChI is InChI=1S/C14H11FN2O/c1-8-2-5-12-13(6-8)18-14(17-12)9-3-4-11(16)10(15)7-9/h2-7H,16H2,1H3. The van der Waals surface area contributed by atoms with E-state index in [2.05, 4.69) is 4.98 Å². The third kappa shape index (κ3) is 1.72. The Hall–Kier alpha value is -2.36. The molecule has 18 heavy (non-hydrogen) atoms. The molecule has 3 nitrogen and oxygen atoms in total. The lowest BCUT2D eigenvalue weighted by Gasteiger charge is -1.98. The van der Waals surface area contributed by atoms with Crippen molar-refractivity contribution in [2.45, 2.75) is 6.92 Å². The molecule has 1 aromatic heterocycles. The zero-order valence-corrected chi connectivity index (χ0v) is 9.77. The van der Waals surface area contributed by atoms with Crippen LogP contribution in [-0.2, 0) is 0 Å². The number of nitrogen functional groups attached to an aromatic ring is 1. The first-order valence-electron chi connectivity index (χ1n) is 5.56. The van der Waals surface area contributed by atoms with Crippen molar-refractivity contribution in [3.05, 3.63) is 47.8 Å². The number of rotatable bonds is 1. The third-order valence-corrected chi connectivity index (χ3v) is 2.79. The number of nitrogens with two attached hydrogens (primary N) is 1. The zero-order chi connectivity index (χ0) is 12.7. The minimum absolute atomic E-state index is 0.116. The van der Waals surface area contributed by atoms with Crippen LogP contribution in [0.4, 0.5) is 10.1 Å². The average Bonchev–Trinajstić information content (AvgIpc) is 2.75. The van der Waals surface area contributed by atoms with Crippen molar-refractivity contribution in [3.8, 4) is 11.5 Å². The third-order valence-electron chi connectivity index (χ3n) is 2.79. The Bertz CT molecular complexity index is 734. The molecular formula is C14H11FN2O. The van der Waals surface area contributed by atoms with Gasteiger partial charge in [-0.05, 0) is 42.8 Å². The molecule has 0 amide bonds. The number of benzene rings is 2. The lowest BCUT2D eigenvalue weighted by molar-refractivity contribution is 0.612. The van der Waals surface area contributed by atoms with Crippen LogP contribution in [0.5, 0.6) is 0 Å². The number of fused-ring (bicyclic) bond motifs is 1. The van der Waals surface area contributed by atoms with Crippen LogP contribution in [0.15, 0.2) is 40.8 Å². The van der Waals surface area contributed by atoms with Crippen LogP contribution in [0.2, 0.25) is 0 Å². The van der Waals surface area contributed by atoms with Crippen LogP contribution in [0.3, 0.4) is 0 Å². The predicted molar refractivity (Wildman–Crippen MR) is 68.6 cm³/mol. The molecule has 0 aliphatic carbocycles. The Labute approximate surface area is 103 Å². The molecule has 0 spiro atoms. The Morgan fingerprint density at radius 3 is 2.78 bits per heavy atom. The normalized spacial score (nSPS) is 11.0. The highest BCUT2D eigenvalue weighted by atomic mass is 19.1. The Morgan fingerprint density at radius 2 is 2.00 bits per heavy atom. The molecule has 3 rings (SSSR count). The van der Waals surface area contributed by atoms with E-state index in [9.17, 15) is 4.39 Å². The first-order chi connectivity index (χ1) is 8.63. The van der Waals surface area contributed by atoms with Gasteiger partial charge in [-0.1, -0.05) is 6.07 Å². The maximum atomic E-state index is 13.4. The monoisotopic (exact) mass is 242 g/mol. The maximum Gasteiger partial charge on any atom is 0.227 e. The van der Waals surface area contributed by atoms with Crippen molar-refractivity contribution in [1.29, 1.82) is 0 Å². The molecule has 2 N–H and O–H groups in total. The van der Waals surface area contributed by atoms with Gasteiger partial charge >= 0.3 is 0 Å². The first-order valence-corrected chi connectivity index (χ1v) is 5.56. The molecule has 3 aromatic rings. The Morgan fingerprint density at radius 1 is 1.17 bits per heavy atom. The molecule has 4 heteroatoms. The summed E-state index contributed by atoms with van der Waals surface area (Å²) in [4.78, 5) is 4.32. The molecule has 0 saturated carbocycles. The van der Waals surface area contributed by atoms with Gasteiger partial charge in [0.25, 0.3) is 0 Å². The van der Waals surface area contributed by atoms with Crippen molar-refractivity contribution < 1.29 is 8.81 Å². The molecule has 0 radical (unpaired) electrons. The summed E-state index contributed by atoms with van der Waals surface area (Å²) < 4.78 is 19.0. The summed E-state index contributed by atoms with van der Waals surface area (Å²) in [5.41, 5.74) is 8.68. The fourth-order valence-corrected chi connectivity index (χ4v) is 1.82. The van der Waals surface area contributed by atoms with Gasteiger partial charge in [0.05, 0.1) is 5.69 Å². The molecule has 90 valence electrons. The van der Waals surface area contributed by atoms with Gasteiger partial charge in [0.1, 0.15) is 11.3 Å². The van der Waals surface area contributed by atoms with Gasteiger partial charge in [-0.25, -0.2) is 9.37 Å². The second-order valence-electron chi connectivity index (χ2n) is 4.23. The number of halogens is 1. The molecule has 2 aromatic carbocycles. The van der Waals surface area contributed by atoms with Crippen LogP contribution in [0.1, 0.15) is 5.56 Å². The largest absolute Gasteiger partial charge is 0.436 e. The highest BCUT2D eigenvalue weighted by Crippen LogP contribution is 2.26. The van der Waals surface area contributed by atoms with Crippen molar-refractivity contribution in [3.63, 3.8) is 0 Å². The van der Waals surface area contributed by atoms with Gasteiger partial charge in [0.2, 0.25) is 5.89 Å². The van der Waals surface area contributed by atoms with Crippen LogP contribution in [-0.4, -0.2) is 4.98 Å². The molecule has 0 bridgehead atoms. The number of oxazole rings is 1. The second kappa shape index (κ2) is 3.84. The lowest BCUT2D eigenvalue weighted by Crippen LogP contribution is -1.90. The predicted octanol–water partition coefficient (Wildman–Crippen LogP) is 3.52. The molecule has 0 aliphatic heterocycles. The van der Waals surface area contributed by atoms with E-state index < -0.39 is 5.82 Å². The minimum Gasteiger partial charge on any atom is -0.436 e. The van der Waals surface area contributed by atoms with E-state index in [0.717, 1.165) is 11.1 Å². The van der Waals surface area contributed by atoms with Gasteiger partial charge in [-0.15, -0.1) is 0 Å².